The summed E-state index contributed by atoms with van der Waals surface area (Å²) in [7, 11) is 3.28. The summed E-state index contributed by atoms with van der Waals surface area (Å²) in [6.45, 7) is 0.762. The summed E-state index contributed by atoms with van der Waals surface area (Å²) in [5, 5.41) is 8.83. The number of nitriles is 1. The molecule has 0 unspecified atom stereocenters. The number of hydrogen-bond donors (Lipinski definition) is 0. The van der Waals surface area contributed by atoms with Gasteiger partial charge in [0.05, 0.1) is 19.3 Å². The molecule has 0 aliphatic heterocycles. The van der Waals surface area contributed by atoms with Gasteiger partial charge in [0.1, 0.15) is 11.8 Å². The van der Waals surface area contributed by atoms with E-state index in [9.17, 15) is 0 Å². The molecule has 0 aliphatic carbocycles. The standard InChI is InChI=1S/C12H15NO2S/c1-14-5-6-16-9-10-3-4-11(8-13)12(7-10)15-2/h3-4,7H,5-6,9H2,1-2H3. The fourth-order valence-electron chi connectivity index (χ4n) is 1.25. The Morgan fingerprint density at radius 1 is 1.38 bits per heavy atom. The van der Waals surface area contributed by atoms with E-state index in [4.69, 9.17) is 14.7 Å². The van der Waals surface area contributed by atoms with Gasteiger partial charge in [-0.3, -0.25) is 0 Å². The van der Waals surface area contributed by atoms with E-state index in [2.05, 4.69) is 6.07 Å². The molecule has 1 aromatic carbocycles. The van der Waals surface area contributed by atoms with E-state index in [1.165, 1.54) is 0 Å². The summed E-state index contributed by atoms with van der Waals surface area (Å²) in [4.78, 5) is 0. The Labute approximate surface area is 100 Å². The third kappa shape index (κ3) is 3.76. The second-order valence-electron chi connectivity index (χ2n) is 3.19. The third-order valence-electron chi connectivity index (χ3n) is 2.09. The molecule has 0 saturated carbocycles. The molecule has 4 heteroatoms. The van der Waals surface area contributed by atoms with E-state index in [0.717, 1.165) is 23.7 Å². The van der Waals surface area contributed by atoms with Crippen LogP contribution in [0.3, 0.4) is 0 Å². The van der Waals surface area contributed by atoms with Crippen LogP contribution in [0.25, 0.3) is 0 Å². The molecule has 0 aliphatic rings. The van der Waals surface area contributed by atoms with Gasteiger partial charge in [-0.2, -0.15) is 17.0 Å². The van der Waals surface area contributed by atoms with Gasteiger partial charge in [0.2, 0.25) is 0 Å². The van der Waals surface area contributed by atoms with Gasteiger partial charge < -0.3 is 9.47 Å². The van der Waals surface area contributed by atoms with Crippen molar-refractivity contribution in [3.05, 3.63) is 29.3 Å². The summed E-state index contributed by atoms with van der Waals surface area (Å²) in [6.07, 6.45) is 0. The first-order valence-corrected chi connectivity index (χ1v) is 6.11. The van der Waals surface area contributed by atoms with Crippen molar-refractivity contribution < 1.29 is 9.47 Å². The van der Waals surface area contributed by atoms with Crippen LogP contribution in [-0.4, -0.2) is 26.6 Å². The first kappa shape index (κ1) is 12.9. The number of thioether (sulfide) groups is 1. The van der Waals surface area contributed by atoms with Crippen LogP contribution in [0.4, 0.5) is 0 Å². The lowest BCUT2D eigenvalue weighted by atomic mass is 10.1. The molecule has 0 aromatic heterocycles. The van der Waals surface area contributed by atoms with Crippen molar-refractivity contribution >= 4 is 11.8 Å². The van der Waals surface area contributed by atoms with E-state index in [1.807, 2.05) is 12.1 Å². The molecule has 3 nitrogen and oxygen atoms in total. The maximum absolute atomic E-state index is 8.83. The Morgan fingerprint density at radius 2 is 2.19 bits per heavy atom. The topological polar surface area (TPSA) is 42.2 Å². The number of benzene rings is 1. The third-order valence-corrected chi connectivity index (χ3v) is 3.08. The van der Waals surface area contributed by atoms with Gasteiger partial charge in [0, 0.05) is 18.6 Å². The highest BCUT2D eigenvalue weighted by atomic mass is 32.2. The van der Waals surface area contributed by atoms with Gasteiger partial charge in [-0.1, -0.05) is 6.07 Å². The largest absolute Gasteiger partial charge is 0.495 e. The van der Waals surface area contributed by atoms with E-state index in [1.54, 1.807) is 32.0 Å². The molecule has 1 rings (SSSR count). The zero-order valence-corrected chi connectivity index (χ0v) is 10.3. The first-order chi connectivity index (χ1) is 7.81. The van der Waals surface area contributed by atoms with Gasteiger partial charge in [0.15, 0.2) is 0 Å². The summed E-state index contributed by atoms with van der Waals surface area (Å²) < 4.78 is 10.1. The fraction of sp³-hybridized carbons (Fsp3) is 0.417. The Balaban J connectivity index is 2.58. The normalized spacial score (nSPS) is 9.81. The highest BCUT2D eigenvalue weighted by Gasteiger charge is 2.03. The van der Waals surface area contributed by atoms with Gasteiger partial charge in [-0.25, -0.2) is 0 Å². The molecule has 0 bridgehead atoms. The minimum Gasteiger partial charge on any atom is -0.495 e. The molecule has 0 amide bonds. The van der Waals surface area contributed by atoms with Gasteiger partial charge in [-0.05, 0) is 17.7 Å². The summed E-state index contributed by atoms with van der Waals surface area (Å²) in [6, 6.07) is 7.77. The van der Waals surface area contributed by atoms with Crippen molar-refractivity contribution in [2.45, 2.75) is 5.75 Å². The van der Waals surface area contributed by atoms with Crippen LogP contribution < -0.4 is 4.74 Å². The lowest BCUT2D eigenvalue weighted by Crippen LogP contribution is -1.93. The average Bonchev–Trinajstić information content (AvgIpc) is 2.34. The van der Waals surface area contributed by atoms with Crippen molar-refractivity contribution in [3.8, 4) is 11.8 Å². The monoisotopic (exact) mass is 237 g/mol. The Hall–Kier alpha value is -1.18. The lowest BCUT2D eigenvalue weighted by Gasteiger charge is -2.06. The molecule has 0 spiro atoms. The Morgan fingerprint density at radius 3 is 2.81 bits per heavy atom. The number of hydrogen-bond acceptors (Lipinski definition) is 4. The van der Waals surface area contributed by atoms with Crippen LogP contribution in [0.5, 0.6) is 5.75 Å². The molecule has 0 N–H and O–H groups in total. The van der Waals surface area contributed by atoms with E-state index < -0.39 is 0 Å². The lowest BCUT2D eigenvalue weighted by molar-refractivity contribution is 0.218. The molecule has 0 heterocycles. The zero-order chi connectivity index (χ0) is 11.8. The fourth-order valence-corrected chi connectivity index (χ4v) is 2.09. The molecular formula is C12H15NO2S. The predicted octanol–water partition coefficient (Wildman–Crippen LogP) is 2.45. The van der Waals surface area contributed by atoms with Crippen LogP contribution in [0, 0.1) is 11.3 Å². The molecular weight excluding hydrogens is 222 g/mol. The molecule has 0 radical (unpaired) electrons. The summed E-state index contributed by atoms with van der Waals surface area (Å²) in [5.74, 6) is 2.52. The SMILES string of the molecule is COCCSCc1ccc(C#N)c(OC)c1. The van der Waals surface area contributed by atoms with Crippen LogP contribution in [-0.2, 0) is 10.5 Å². The van der Waals surface area contributed by atoms with E-state index >= 15 is 0 Å². The van der Waals surface area contributed by atoms with Crippen LogP contribution in [0.15, 0.2) is 18.2 Å². The first-order valence-electron chi connectivity index (χ1n) is 4.95. The molecule has 0 fully saturated rings. The van der Waals surface area contributed by atoms with Gasteiger partial charge >= 0.3 is 0 Å². The van der Waals surface area contributed by atoms with Gasteiger partial charge in [0.25, 0.3) is 0 Å². The molecule has 0 saturated heterocycles. The van der Waals surface area contributed by atoms with Crippen LogP contribution >= 0.6 is 11.8 Å². The van der Waals surface area contributed by atoms with Gasteiger partial charge in [-0.15, -0.1) is 0 Å². The van der Waals surface area contributed by atoms with Crippen molar-refractivity contribution in [1.82, 2.24) is 0 Å². The molecule has 16 heavy (non-hydrogen) atoms. The molecule has 86 valence electrons. The summed E-state index contributed by atoms with van der Waals surface area (Å²) in [5.41, 5.74) is 1.74. The van der Waals surface area contributed by atoms with E-state index in [0.29, 0.717) is 11.3 Å². The number of rotatable bonds is 6. The van der Waals surface area contributed by atoms with Crippen molar-refractivity contribution in [2.75, 3.05) is 26.6 Å². The quantitative estimate of drug-likeness (QED) is 0.713. The smallest absolute Gasteiger partial charge is 0.136 e. The maximum atomic E-state index is 8.83. The molecule has 0 atom stereocenters. The minimum absolute atomic E-state index is 0.577. The second kappa shape index (κ2) is 7.15. The highest BCUT2D eigenvalue weighted by Crippen LogP contribution is 2.22. The van der Waals surface area contributed by atoms with Crippen molar-refractivity contribution in [3.63, 3.8) is 0 Å². The second-order valence-corrected chi connectivity index (χ2v) is 4.30. The van der Waals surface area contributed by atoms with E-state index in [-0.39, 0.29) is 0 Å². The highest BCUT2D eigenvalue weighted by molar-refractivity contribution is 7.98. The minimum atomic E-state index is 0.577. The number of nitrogens with zero attached hydrogens (tertiary/aromatic N) is 1. The average molecular weight is 237 g/mol. The zero-order valence-electron chi connectivity index (χ0n) is 9.53. The summed E-state index contributed by atoms with van der Waals surface area (Å²) >= 11 is 1.80. The van der Waals surface area contributed by atoms with Crippen molar-refractivity contribution in [2.24, 2.45) is 0 Å². The Kier molecular flexibility index (Phi) is 5.76. The van der Waals surface area contributed by atoms with Crippen LogP contribution in [0.2, 0.25) is 0 Å². The number of ether oxygens (including phenoxy) is 2. The molecule has 1 aromatic rings. The maximum Gasteiger partial charge on any atom is 0.136 e. The Bertz CT molecular complexity index is 374. The van der Waals surface area contributed by atoms with Crippen molar-refractivity contribution in [1.29, 1.82) is 5.26 Å². The predicted molar refractivity (Wildman–Crippen MR) is 65.7 cm³/mol. The number of methoxy groups -OCH3 is 2. The van der Waals surface area contributed by atoms with Crippen LogP contribution in [0.1, 0.15) is 11.1 Å².